The standard InChI is InChI=1S/C22H30N2O4S/c1-5-23(6-2)22(25)17-24(15-14-19-10-8-7-9-11-19)29(26,27)21-16-18(3)12-13-20(21)28-4/h7-13,16H,5-6,14-15,17H2,1-4H3. The number of nitrogens with zero attached hydrogens (tertiary/aromatic N) is 2. The van der Waals surface area contributed by atoms with E-state index in [4.69, 9.17) is 4.74 Å². The largest absolute Gasteiger partial charge is 0.495 e. The number of rotatable bonds is 10. The van der Waals surface area contributed by atoms with Crippen molar-refractivity contribution >= 4 is 15.9 Å². The Morgan fingerprint density at radius 3 is 2.28 bits per heavy atom. The molecule has 0 aliphatic carbocycles. The number of aryl methyl sites for hydroxylation is 1. The van der Waals surface area contributed by atoms with Crippen LogP contribution in [0.1, 0.15) is 25.0 Å². The highest BCUT2D eigenvalue weighted by Crippen LogP contribution is 2.28. The maximum absolute atomic E-state index is 13.5. The summed E-state index contributed by atoms with van der Waals surface area (Å²) in [6, 6.07) is 14.7. The highest BCUT2D eigenvalue weighted by atomic mass is 32.2. The van der Waals surface area contributed by atoms with Gasteiger partial charge in [0, 0.05) is 19.6 Å². The van der Waals surface area contributed by atoms with Crippen LogP contribution in [0.4, 0.5) is 0 Å². The van der Waals surface area contributed by atoms with E-state index in [1.54, 1.807) is 23.1 Å². The van der Waals surface area contributed by atoms with Crippen LogP contribution in [0.3, 0.4) is 0 Å². The van der Waals surface area contributed by atoms with Crippen LogP contribution in [0.25, 0.3) is 0 Å². The first kappa shape index (κ1) is 22.9. The van der Waals surface area contributed by atoms with E-state index in [0.717, 1.165) is 11.1 Å². The van der Waals surface area contributed by atoms with Crippen LogP contribution < -0.4 is 4.74 Å². The van der Waals surface area contributed by atoms with Gasteiger partial charge in [0.1, 0.15) is 10.6 Å². The van der Waals surface area contributed by atoms with Gasteiger partial charge in [-0.15, -0.1) is 0 Å². The van der Waals surface area contributed by atoms with E-state index in [9.17, 15) is 13.2 Å². The highest BCUT2D eigenvalue weighted by Gasteiger charge is 2.30. The summed E-state index contributed by atoms with van der Waals surface area (Å²) in [5, 5.41) is 0. The molecule has 0 aliphatic heterocycles. The normalized spacial score (nSPS) is 11.5. The Kier molecular flexibility index (Phi) is 8.22. The summed E-state index contributed by atoms with van der Waals surface area (Å²) in [7, 11) is -2.48. The van der Waals surface area contributed by atoms with E-state index >= 15 is 0 Å². The fourth-order valence-electron chi connectivity index (χ4n) is 3.13. The maximum atomic E-state index is 13.5. The van der Waals surface area contributed by atoms with Gasteiger partial charge in [-0.2, -0.15) is 4.31 Å². The lowest BCUT2D eigenvalue weighted by atomic mass is 10.1. The van der Waals surface area contributed by atoms with Crippen LogP contribution in [0, 0.1) is 6.92 Å². The second-order valence-corrected chi connectivity index (χ2v) is 8.70. The summed E-state index contributed by atoms with van der Waals surface area (Å²) in [6.07, 6.45) is 0.514. The van der Waals surface area contributed by atoms with Crippen LogP contribution in [0.15, 0.2) is 53.4 Å². The van der Waals surface area contributed by atoms with Gasteiger partial charge >= 0.3 is 0 Å². The minimum absolute atomic E-state index is 0.0837. The smallest absolute Gasteiger partial charge is 0.247 e. The Bertz CT molecular complexity index is 910. The number of carbonyl (C=O) groups is 1. The van der Waals surface area contributed by atoms with Crippen LogP contribution in [-0.4, -0.2) is 56.8 Å². The second-order valence-electron chi connectivity index (χ2n) is 6.79. The molecule has 2 rings (SSSR count). The van der Waals surface area contributed by atoms with Crippen LogP contribution in [-0.2, 0) is 21.2 Å². The van der Waals surface area contributed by atoms with E-state index < -0.39 is 10.0 Å². The molecule has 0 bridgehead atoms. The number of benzene rings is 2. The third kappa shape index (κ3) is 5.81. The van der Waals surface area contributed by atoms with Crippen molar-refractivity contribution in [3.05, 3.63) is 59.7 Å². The molecule has 0 unspecified atom stereocenters. The van der Waals surface area contributed by atoms with Gasteiger partial charge in [-0.05, 0) is 50.5 Å². The number of methoxy groups -OCH3 is 1. The van der Waals surface area contributed by atoms with Gasteiger partial charge in [-0.3, -0.25) is 4.79 Å². The highest BCUT2D eigenvalue weighted by molar-refractivity contribution is 7.89. The van der Waals surface area contributed by atoms with E-state index in [1.165, 1.54) is 11.4 Å². The van der Waals surface area contributed by atoms with E-state index in [1.807, 2.05) is 51.1 Å². The van der Waals surface area contributed by atoms with Crippen molar-refractivity contribution in [3.8, 4) is 5.75 Å². The van der Waals surface area contributed by atoms with E-state index in [0.29, 0.717) is 19.5 Å². The molecule has 1 amide bonds. The SMILES string of the molecule is CCN(CC)C(=O)CN(CCc1ccccc1)S(=O)(=O)c1cc(C)ccc1OC. The van der Waals surface area contributed by atoms with Gasteiger partial charge < -0.3 is 9.64 Å². The number of amides is 1. The molecule has 0 saturated heterocycles. The average Bonchev–Trinajstić information content (AvgIpc) is 2.72. The molecule has 7 heteroatoms. The molecule has 2 aromatic carbocycles. The molecule has 0 spiro atoms. The molecule has 0 N–H and O–H groups in total. The first-order chi connectivity index (χ1) is 13.8. The lowest BCUT2D eigenvalue weighted by molar-refractivity contribution is -0.131. The Hall–Kier alpha value is -2.38. The molecule has 0 aliphatic rings. The van der Waals surface area contributed by atoms with Crippen molar-refractivity contribution in [1.29, 1.82) is 0 Å². The summed E-state index contributed by atoms with van der Waals surface area (Å²) >= 11 is 0. The van der Waals surface area contributed by atoms with Crippen molar-refractivity contribution in [3.63, 3.8) is 0 Å². The Morgan fingerprint density at radius 1 is 1.03 bits per heavy atom. The van der Waals surface area contributed by atoms with Gasteiger partial charge in [0.2, 0.25) is 15.9 Å². The quantitative estimate of drug-likeness (QED) is 0.595. The average molecular weight is 419 g/mol. The van der Waals surface area contributed by atoms with Crippen LogP contribution in [0.2, 0.25) is 0 Å². The molecule has 29 heavy (non-hydrogen) atoms. The zero-order valence-corrected chi connectivity index (χ0v) is 18.4. The predicted molar refractivity (Wildman–Crippen MR) is 115 cm³/mol. The third-order valence-corrected chi connectivity index (χ3v) is 6.72. The fourth-order valence-corrected chi connectivity index (χ4v) is 4.77. The van der Waals surface area contributed by atoms with Gasteiger partial charge in [0.25, 0.3) is 0 Å². The third-order valence-electron chi connectivity index (χ3n) is 4.86. The first-order valence-corrected chi connectivity index (χ1v) is 11.2. The molecule has 0 atom stereocenters. The zero-order chi connectivity index (χ0) is 21.4. The summed E-state index contributed by atoms with van der Waals surface area (Å²) in [4.78, 5) is 14.4. The predicted octanol–water partition coefficient (Wildman–Crippen LogP) is 3.11. The number of ether oxygens (including phenoxy) is 1. The fraction of sp³-hybridized carbons (Fsp3) is 0.409. The summed E-state index contributed by atoms with van der Waals surface area (Å²) < 4.78 is 33.5. The van der Waals surface area contributed by atoms with Crippen molar-refractivity contribution in [2.45, 2.75) is 32.1 Å². The minimum atomic E-state index is -3.92. The van der Waals surface area contributed by atoms with E-state index in [-0.39, 0.29) is 29.6 Å². The van der Waals surface area contributed by atoms with Crippen molar-refractivity contribution < 1.29 is 17.9 Å². The lowest BCUT2D eigenvalue weighted by Gasteiger charge is -2.26. The second kappa shape index (κ2) is 10.4. The topological polar surface area (TPSA) is 66.9 Å². The van der Waals surface area contributed by atoms with Gasteiger partial charge in [0.15, 0.2) is 0 Å². The monoisotopic (exact) mass is 418 g/mol. The molecule has 6 nitrogen and oxygen atoms in total. The molecule has 158 valence electrons. The molecular weight excluding hydrogens is 388 g/mol. The molecule has 2 aromatic rings. The Morgan fingerprint density at radius 2 is 1.69 bits per heavy atom. The number of likely N-dealkylation sites (N-methyl/N-ethyl adjacent to an activating group) is 1. The number of hydrogen-bond donors (Lipinski definition) is 0. The molecule has 0 saturated carbocycles. The number of carbonyl (C=O) groups excluding carboxylic acids is 1. The lowest BCUT2D eigenvalue weighted by Crippen LogP contribution is -2.43. The molecule has 0 radical (unpaired) electrons. The van der Waals surface area contributed by atoms with Gasteiger partial charge in [-0.1, -0.05) is 36.4 Å². The maximum Gasteiger partial charge on any atom is 0.247 e. The number of sulfonamides is 1. The molecule has 0 heterocycles. The Balaban J connectivity index is 2.39. The minimum Gasteiger partial charge on any atom is -0.495 e. The summed E-state index contributed by atoms with van der Waals surface area (Å²) in [6.45, 7) is 6.67. The van der Waals surface area contributed by atoms with Crippen molar-refractivity contribution in [2.24, 2.45) is 0 Å². The van der Waals surface area contributed by atoms with Crippen molar-refractivity contribution in [1.82, 2.24) is 9.21 Å². The van der Waals surface area contributed by atoms with Crippen molar-refractivity contribution in [2.75, 3.05) is 33.3 Å². The molecular formula is C22H30N2O4S. The van der Waals surface area contributed by atoms with Crippen LogP contribution >= 0.6 is 0 Å². The van der Waals surface area contributed by atoms with Gasteiger partial charge in [0.05, 0.1) is 13.7 Å². The summed E-state index contributed by atoms with van der Waals surface area (Å²) in [5.41, 5.74) is 1.82. The number of hydrogen-bond acceptors (Lipinski definition) is 4. The first-order valence-electron chi connectivity index (χ1n) is 9.80. The summed E-state index contributed by atoms with van der Waals surface area (Å²) in [5.74, 6) is 0.0638. The van der Waals surface area contributed by atoms with Gasteiger partial charge in [-0.25, -0.2) is 8.42 Å². The Labute approximate surface area is 174 Å². The molecule has 0 fully saturated rings. The van der Waals surface area contributed by atoms with E-state index in [2.05, 4.69) is 0 Å². The zero-order valence-electron chi connectivity index (χ0n) is 17.6. The van der Waals surface area contributed by atoms with Crippen LogP contribution in [0.5, 0.6) is 5.75 Å². The molecule has 0 aromatic heterocycles.